The summed E-state index contributed by atoms with van der Waals surface area (Å²) in [7, 11) is 0. The van der Waals surface area contributed by atoms with Gasteiger partial charge in [-0.1, -0.05) is 0 Å². The van der Waals surface area contributed by atoms with E-state index in [9.17, 15) is 40.5 Å². The Labute approximate surface area is 146 Å². The minimum absolute atomic E-state index is 0.0954. The number of nitro benzene ring substituents is 4. The van der Waals surface area contributed by atoms with Gasteiger partial charge in [0.15, 0.2) is 0 Å². The second-order valence-electron chi connectivity index (χ2n) is 5.68. The van der Waals surface area contributed by atoms with Crippen molar-refractivity contribution < 1.29 is 19.7 Å². The number of non-ortho nitro benzene ring substituents is 2. The molecule has 2 aromatic rings. The third-order valence-electron chi connectivity index (χ3n) is 4.32. The Hall–Kier alpha value is -4.36. The molecule has 27 heavy (non-hydrogen) atoms. The van der Waals surface area contributed by atoms with Gasteiger partial charge in [-0.3, -0.25) is 40.5 Å². The normalized spacial score (nSPS) is 14.5. The first-order valence-corrected chi connectivity index (χ1v) is 7.06. The molecule has 0 amide bonds. The molecule has 1 aliphatic heterocycles. The summed E-state index contributed by atoms with van der Waals surface area (Å²) < 4.78 is 0. The van der Waals surface area contributed by atoms with E-state index in [1.165, 1.54) is 0 Å². The standard InChI is InChI=1S/C13H4N6O8/c20-16(21)5-1-7-11(9(3-5)18(24)25)12-8(13(7)14-15-13)2-6(17(22)23)4-10(12)19(26)27/h1-4H. The summed E-state index contributed by atoms with van der Waals surface area (Å²) in [6.07, 6.45) is 0. The van der Waals surface area contributed by atoms with E-state index in [1.54, 1.807) is 0 Å². The van der Waals surface area contributed by atoms with Crippen molar-refractivity contribution >= 4 is 22.7 Å². The maximum absolute atomic E-state index is 11.5. The molecule has 0 N–H and O–H groups in total. The number of rotatable bonds is 4. The molecule has 0 saturated carbocycles. The zero-order valence-corrected chi connectivity index (χ0v) is 12.8. The highest BCUT2D eigenvalue weighted by Crippen LogP contribution is 2.62. The van der Waals surface area contributed by atoms with Gasteiger partial charge in [0.2, 0.25) is 5.66 Å². The molecular weight excluding hydrogens is 368 g/mol. The van der Waals surface area contributed by atoms with E-state index in [0.29, 0.717) is 12.1 Å². The average molecular weight is 372 g/mol. The Kier molecular flexibility index (Phi) is 2.89. The predicted molar refractivity (Wildman–Crippen MR) is 84.1 cm³/mol. The van der Waals surface area contributed by atoms with Crippen LogP contribution in [0.1, 0.15) is 11.1 Å². The summed E-state index contributed by atoms with van der Waals surface area (Å²) >= 11 is 0. The van der Waals surface area contributed by atoms with Gasteiger partial charge in [0, 0.05) is 23.3 Å². The van der Waals surface area contributed by atoms with Crippen LogP contribution in [0.15, 0.2) is 34.5 Å². The monoisotopic (exact) mass is 372 g/mol. The van der Waals surface area contributed by atoms with Crippen LogP contribution in [-0.2, 0) is 5.66 Å². The topological polar surface area (TPSA) is 197 Å². The maximum Gasteiger partial charge on any atom is 0.284 e. The maximum atomic E-state index is 11.5. The Bertz CT molecular complexity index is 1070. The molecule has 0 radical (unpaired) electrons. The van der Waals surface area contributed by atoms with E-state index in [2.05, 4.69) is 10.2 Å². The lowest BCUT2D eigenvalue weighted by molar-refractivity contribution is -0.395. The third kappa shape index (κ3) is 2.00. The Morgan fingerprint density at radius 2 is 1.00 bits per heavy atom. The number of fused-ring (bicyclic) bond motifs is 5. The number of hydrogen-bond donors (Lipinski definition) is 0. The van der Waals surface area contributed by atoms with Crippen molar-refractivity contribution in [1.82, 2.24) is 0 Å². The summed E-state index contributed by atoms with van der Waals surface area (Å²) in [6.45, 7) is 0. The predicted octanol–water partition coefficient (Wildman–Crippen LogP) is 2.97. The van der Waals surface area contributed by atoms with Crippen molar-refractivity contribution in [3.8, 4) is 11.1 Å². The van der Waals surface area contributed by atoms with Gasteiger partial charge in [0.05, 0.1) is 43.0 Å². The average Bonchev–Trinajstić information content (AvgIpc) is 3.35. The van der Waals surface area contributed by atoms with Crippen molar-refractivity contribution in [1.29, 1.82) is 0 Å². The highest BCUT2D eigenvalue weighted by molar-refractivity contribution is 5.94. The molecule has 0 unspecified atom stereocenters. The number of benzene rings is 2. The summed E-state index contributed by atoms with van der Waals surface area (Å²) in [5.41, 5.74) is -5.09. The van der Waals surface area contributed by atoms with Crippen LogP contribution in [0.2, 0.25) is 0 Å². The molecule has 1 aliphatic carbocycles. The molecule has 1 heterocycles. The molecule has 0 saturated heterocycles. The number of hydrogen-bond acceptors (Lipinski definition) is 10. The van der Waals surface area contributed by atoms with Gasteiger partial charge in [0.25, 0.3) is 22.7 Å². The molecule has 4 rings (SSSR count). The van der Waals surface area contributed by atoms with E-state index in [4.69, 9.17) is 0 Å². The molecule has 1 spiro atoms. The SMILES string of the molecule is O=[N+]([O-])c1cc([N+](=O)[O-])c2c(c1)C1(N=N1)c1cc([N+](=O)[O-])cc([N+](=O)[O-])c1-2. The Morgan fingerprint density at radius 1 is 0.630 bits per heavy atom. The van der Waals surface area contributed by atoms with Gasteiger partial charge in [-0.25, -0.2) is 0 Å². The molecule has 14 nitrogen and oxygen atoms in total. The van der Waals surface area contributed by atoms with E-state index in [1.807, 2.05) is 0 Å². The molecule has 2 aliphatic rings. The Morgan fingerprint density at radius 3 is 1.26 bits per heavy atom. The number of nitro groups is 4. The lowest BCUT2D eigenvalue weighted by atomic mass is 10.0. The summed E-state index contributed by atoms with van der Waals surface area (Å²) in [5.74, 6) is 0. The van der Waals surface area contributed by atoms with Crippen LogP contribution >= 0.6 is 0 Å². The second-order valence-corrected chi connectivity index (χ2v) is 5.68. The fraction of sp³-hybridized carbons (Fsp3) is 0.0769. The van der Waals surface area contributed by atoms with E-state index in [-0.39, 0.29) is 22.3 Å². The van der Waals surface area contributed by atoms with Crippen molar-refractivity contribution in [2.75, 3.05) is 0 Å². The smallest absolute Gasteiger partial charge is 0.258 e. The fourth-order valence-corrected chi connectivity index (χ4v) is 3.21. The molecular formula is C13H4N6O8. The van der Waals surface area contributed by atoms with Crippen LogP contribution in [0, 0.1) is 40.5 Å². The van der Waals surface area contributed by atoms with Gasteiger partial charge in [0.1, 0.15) is 0 Å². The van der Waals surface area contributed by atoms with Crippen molar-refractivity contribution in [3.63, 3.8) is 0 Å². The van der Waals surface area contributed by atoms with Gasteiger partial charge < -0.3 is 0 Å². The van der Waals surface area contributed by atoms with Crippen molar-refractivity contribution in [2.24, 2.45) is 10.2 Å². The van der Waals surface area contributed by atoms with Crippen LogP contribution in [0.3, 0.4) is 0 Å². The highest BCUT2D eigenvalue weighted by Gasteiger charge is 2.58. The fourth-order valence-electron chi connectivity index (χ4n) is 3.21. The third-order valence-corrected chi connectivity index (χ3v) is 4.32. The van der Waals surface area contributed by atoms with E-state index >= 15 is 0 Å². The molecule has 0 atom stereocenters. The van der Waals surface area contributed by atoms with Crippen molar-refractivity contribution in [2.45, 2.75) is 5.66 Å². The molecule has 0 fully saturated rings. The van der Waals surface area contributed by atoms with Crippen LogP contribution in [0.5, 0.6) is 0 Å². The second kappa shape index (κ2) is 4.84. The van der Waals surface area contributed by atoms with Crippen LogP contribution in [-0.4, -0.2) is 19.7 Å². The minimum atomic E-state index is -1.65. The van der Waals surface area contributed by atoms with Crippen LogP contribution < -0.4 is 0 Å². The van der Waals surface area contributed by atoms with Gasteiger partial charge >= 0.3 is 0 Å². The Balaban J connectivity index is 2.16. The largest absolute Gasteiger partial charge is 0.284 e. The zero-order valence-electron chi connectivity index (χ0n) is 12.8. The van der Waals surface area contributed by atoms with Gasteiger partial charge in [-0.2, -0.15) is 0 Å². The van der Waals surface area contributed by atoms with Crippen LogP contribution in [0.25, 0.3) is 11.1 Å². The van der Waals surface area contributed by atoms with Gasteiger partial charge in [-0.15, -0.1) is 10.2 Å². The lowest BCUT2D eigenvalue weighted by Gasteiger charge is -2.05. The molecule has 14 heteroatoms. The zero-order chi connectivity index (χ0) is 19.7. The van der Waals surface area contributed by atoms with E-state index in [0.717, 1.165) is 12.1 Å². The quantitative estimate of drug-likeness (QED) is 0.576. The summed E-state index contributed by atoms with van der Waals surface area (Å²) in [4.78, 5) is 41.7. The molecule has 0 bridgehead atoms. The molecule has 134 valence electrons. The van der Waals surface area contributed by atoms with E-state index < -0.39 is 48.1 Å². The first-order valence-electron chi connectivity index (χ1n) is 7.06. The number of nitrogens with zero attached hydrogens (tertiary/aromatic N) is 6. The van der Waals surface area contributed by atoms with Gasteiger partial charge in [-0.05, 0) is 0 Å². The highest BCUT2D eigenvalue weighted by atomic mass is 16.6. The van der Waals surface area contributed by atoms with Crippen molar-refractivity contribution in [3.05, 3.63) is 75.8 Å². The first-order chi connectivity index (χ1) is 12.7. The first kappa shape index (κ1) is 16.1. The molecule has 0 aromatic heterocycles. The van der Waals surface area contributed by atoms with Crippen LogP contribution in [0.4, 0.5) is 22.7 Å². The minimum Gasteiger partial charge on any atom is -0.258 e. The molecule has 2 aromatic carbocycles. The summed E-state index contributed by atoms with van der Waals surface area (Å²) in [5, 5.41) is 52.7. The summed E-state index contributed by atoms with van der Waals surface area (Å²) in [6, 6.07) is 3.32. The lowest BCUT2D eigenvalue weighted by Crippen LogP contribution is -2.07.